The number of benzene rings is 1. The van der Waals surface area contributed by atoms with Gasteiger partial charge in [0, 0.05) is 19.6 Å². The summed E-state index contributed by atoms with van der Waals surface area (Å²) < 4.78 is 0. The zero-order valence-corrected chi connectivity index (χ0v) is 6.96. The van der Waals surface area contributed by atoms with E-state index in [1.807, 2.05) is 12.1 Å². The Hall–Kier alpha value is -1.06. The second-order valence-corrected chi connectivity index (χ2v) is 2.63. The van der Waals surface area contributed by atoms with E-state index in [9.17, 15) is 0 Å². The summed E-state index contributed by atoms with van der Waals surface area (Å²) in [5.74, 6) is 0.303. The largest absolute Gasteiger partial charge is 0.508 e. The number of nitrogens with two attached hydrogens (primary N) is 1. The minimum Gasteiger partial charge on any atom is -0.508 e. The monoisotopic (exact) mass is 166 g/mol. The molecule has 0 aliphatic rings. The van der Waals surface area contributed by atoms with Gasteiger partial charge in [-0.2, -0.15) is 0 Å². The molecule has 0 aliphatic carbocycles. The maximum Gasteiger partial charge on any atom is 0.115 e. The number of hydrogen-bond donors (Lipinski definition) is 3. The van der Waals surface area contributed by atoms with Gasteiger partial charge in [-0.25, -0.2) is 0 Å². The van der Waals surface area contributed by atoms with Crippen molar-refractivity contribution in [2.24, 2.45) is 5.73 Å². The summed E-state index contributed by atoms with van der Waals surface area (Å²) in [6.45, 7) is 2.27. The van der Waals surface area contributed by atoms with E-state index in [4.69, 9.17) is 10.8 Å². The molecule has 0 unspecified atom stereocenters. The summed E-state index contributed by atoms with van der Waals surface area (Å²) in [5, 5.41) is 12.2. The van der Waals surface area contributed by atoms with Crippen LogP contribution in [0.25, 0.3) is 0 Å². The van der Waals surface area contributed by atoms with Crippen molar-refractivity contribution < 1.29 is 5.11 Å². The van der Waals surface area contributed by atoms with Crippen LogP contribution in [0, 0.1) is 0 Å². The summed E-state index contributed by atoms with van der Waals surface area (Å²) in [6, 6.07) is 7.14. The van der Waals surface area contributed by atoms with Crippen molar-refractivity contribution in [3.05, 3.63) is 29.8 Å². The second kappa shape index (κ2) is 4.74. The smallest absolute Gasteiger partial charge is 0.115 e. The van der Waals surface area contributed by atoms with Gasteiger partial charge in [0.2, 0.25) is 0 Å². The van der Waals surface area contributed by atoms with Crippen molar-refractivity contribution in [2.75, 3.05) is 13.1 Å². The van der Waals surface area contributed by atoms with E-state index in [1.165, 1.54) is 0 Å². The summed E-state index contributed by atoms with van der Waals surface area (Å²) in [7, 11) is 0. The number of aromatic hydroxyl groups is 1. The Labute approximate surface area is 72.2 Å². The lowest BCUT2D eigenvalue weighted by molar-refractivity contribution is 0.475. The molecule has 4 N–H and O–H groups in total. The van der Waals surface area contributed by atoms with Gasteiger partial charge in [0.1, 0.15) is 5.75 Å². The lowest BCUT2D eigenvalue weighted by atomic mass is 10.2. The van der Waals surface area contributed by atoms with Crippen LogP contribution in [0.1, 0.15) is 5.56 Å². The number of phenolic OH excluding ortho intramolecular Hbond substituents is 1. The van der Waals surface area contributed by atoms with Crippen LogP contribution in [0.2, 0.25) is 0 Å². The fourth-order valence-corrected chi connectivity index (χ4v) is 0.949. The standard InChI is InChI=1S/C9H14N2O/c10-5-6-11-7-8-1-3-9(12)4-2-8/h1-4,11-12H,5-7,10H2. The first-order valence-corrected chi connectivity index (χ1v) is 4.01. The Kier molecular flexibility index (Phi) is 3.57. The quantitative estimate of drug-likeness (QED) is 0.569. The van der Waals surface area contributed by atoms with Gasteiger partial charge in [0.25, 0.3) is 0 Å². The first-order chi connectivity index (χ1) is 5.83. The van der Waals surface area contributed by atoms with Crippen molar-refractivity contribution in [1.82, 2.24) is 5.32 Å². The molecule has 0 fully saturated rings. The lowest BCUT2D eigenvalue weighted by Crippen LogP contribution is -2.21. The molecule has 1 aromatic rings. The molecule has 1 aromatic carbocycles. The highest BCUT2D eigenvalue weighted by Gasteiger charge is 1.91. The second-order valence-electron chi connectivity index (χ2n) is 2.63. The van der Waals surface area contributed by atoms with E-state index in [0.717, 1.165) is 18.7 Å². The van der Waals surface area contributed by atoms with Gasteiger partial charge in [-0.05, 0) is 17.7 Å². The number of nitrogens with one attached hydrogen (secondary N) is 1. The molecule has 0 amide bonds. The summed E-state index contributed by atoms with van der Waals surface area (Å²) in [6.07, 6.45) is 0. The molecule has 0 aliphatic heterocycles. The fraction of sp³-hybridized carbons (Fsp3) is 0.333. The molecule has 66 valence electrons. The molecule has 0 bridgehead atoms. The predicted molar refractivity (Wildman–Crippen MR) is 48.9 cm³/mol. The van der Waals surface area contributed by atoms with Gasteiger partial charge < -0.3 is 16.2 Å². The normalized spacial score (nSPS) is 10.1. The van der Waals surface area contributed by atoms with Crippen LogP contribution in [-0.4, -0.2) is 18.2 Å². The molecule has 3 heteroatoms. The highest BCUT2D eigenvalue weighted by Crippen LogP contribution is 2.08. The molecule has 0 saturated carbocycles. The lowest BCUT2D eigenvalue weighted by Gasteiger charge is -2.02. The van der Waals surface area contributed by atoms with Crippen LogP contribution in [0.3, 0.4) is 0 Å². The molecule has 0 radical (unpaired) electrons. The highest BCUT2D eigenvalue weighted by atomic mass is 16.3. The highest BCUT2D eigenvalue weighted by molar-refractivity contribution is 5.25. The molecule has 0 saturated heterocycles. The van der Waals surface area contributed by atoms with Gasteiger partial charge in [-0.3, -0.25) is 0 Å². The zero-order valence-electron chi connectivity index (χ0n) is 6.96. The maximum absolute atomic E-state index is 8.99. The summed E-state index contributed by atoms with van der Waals surface area (Å²) in [5.41, 5.74) is 6.47. The van der Waals surface area contributed by atoms with Crippen LogP contribution in [0.15, 0.2) is 24.3 Å². The molecule has 0 atom stereocenters. The first-order valence-electron chi connectivity index (χ1n) is 4.01. The first kappa shape index (κ1) is 9.03. The Bertz CT molecular complexity index is 220. The molecule has 0 heterocycles. The van der Waals surface area contributed by atoms with Gasteiger partial charge >= 0.3 is 0 Å². The molecular formula is C9H14N2O. The maximum atomic E-state index is 8.99. The third kappa shape index (κ3) is 2.90. The molecule has 3 nitrogen and oxygen atoms in total. The molecular weight excluding hydrogens is 152 g/mol. The van der Waals surface area contributed by atoms with Crippen molar-refractivity contribution >= 4 is 0 Å². The molecule has 1 rings (SSSR count). The fourth-order valence-electron chi connectivity index (χ4n) is 0.949. The third-order valence-electron chi connectivity index (χ3n) is 1.59. The average molecular weight is 166 g/mol. The third-order valence-corrected chi connectivity index (χ3v) is 1.59. The van der Waals surface area contributed by atoms with Crippen molar-refractivity contribution in [1.29, 1.82) is 0 Å². The van der Waals surface area contributed by atoms with E-state index >= 15 is 0 Å². The van der Waals surface area contributed by atoms with Gasteiger partial charge in [0.05, 0.1) is 0 Å². The topological polar surface area (TPSA) is 58.3 Å². The Balaban J connectivity index is 2.37. The minimum absolute atomic E-state index is 0.303. The van der Waals surface area contributed by atoms with Gasteiger partial charge in [-0.15, -0.1) is 0 Å². The Morgan fingerprint density at radius 2 is 1.92 bits per heavy atom. The van der Waals surface area contributed by atoms with Crippen LogP contribution in [-0.2, 0) is 6.54 Å². The van der Waals surface area contributed by atoms with E-state index in [-0.39, 0.29) is 0 Å². The number of phenols is 1. The summed E-state index contributed by atoms with van der Waals surface area (Å²) in [4.78, 5) is 0. The van der Waals surface area contributed by atoms with Crippen molar-refractivity contribution in [3.8, 4) is 5.75 Å². The van der Waals surface area contributed by atoms with E-state index in [1.54, 1.807) is 12.1 Å². The van der Waals surface area contributed by atoms with Crippen LogP contribution < -0.4 is 11.1 Å². The average Bonchev–Trinajstić information content (AvgIpc) is 2.09. The minimum atomic E-state index is 0.303. The summed E-state index contributed by atoms with van der Waals surface area (Å²) >= 11 is 0. The van der Waals surface area contributed by atoms with Crippen LogP contribution in [0.5, 0.6) is 5.75 Å². The van der Waals surface area contributed by atoms with E-state index in [2.05, 4.69) is 5.32 Å². The van der Waals surface area contributed by atoms with Gasteiger partial charge in [0.15, 0.2) is 0 Å². The zero-order chi connectivity index (χ0) is 8.81. The Morgan fingerprint density at radius 3 is 2.50 bits per heavy atom. The predicted octanol–water partition coefficient (Wildman–Crippen LogP) is 0.440. The SMILES string of the molecule is NCCNCc1ccc(O)cc1. The van der Waals surface area contributed by atoms with E-state index in [0.29, 0.717) is 12.3 Å². The number of hydrogen-bond acceptors (Lipinski definition) is 3. The van der Waals surface area contributed by atoms with Crippen molar-refractivity contribution in [2.45, 2.75) is 6.54 Å². The van der Waals surface area contributed by atoms with Crippen LogP contribution >= 0.6 is 0 Å². The van der Waals surface area contributed by atoms with Crippen molar-refractivity contribution in [3.63, 3.8) is 0 Å². The Morgan fingerprint density at radius 1 is 1.25 bits per heavy atom. The van der Waals surface area contributed by atoms with Crippen LogP contribution in [0.4, 0.5) is 0 Å². The number of rotatable bonds is 4. The molecule has 0 aromatic heterocycles. The molecule has 0 spiro atoms. The van der Waals surface area contributed by atoms with E-state index < -0.39 is 0 Å². The van der Waals surface area contributed by atoms with Gasteiger partial charge in [-0.1, -0.05) is 12.1 Å². The molecule has 12 heavy (non-hydrogen) atoms.